The van der Waals surface area contributed by atoms with Crippen molar-refractivity contribution in [1.82, 2.24) is 4.98 Å². The maximum Gasteiger partial charge on any atom is 0.246 e. The van der Waals surface area contributed by atoms with Gasteiger partial charge in [0.15, 0.2) is 0 Å². The number of hydrogen-bond acceptors (Lipinski definition) is 3. The third-order valence-corrected chi connectivity index (χ3v) is 1.84. The lowest BCUT2D eigenvalue weighted by molar-refractivity contribution is -0.497. The molecule has 0 atom stereocenters. The molecule has 0 spiro atoms. The van der Waals surface area contributed by atoms with Crippen LogP contribution in [0.1, 0.15) is 5.69 Å². The lowest BCUT2D eigenvalue weighted by Gasteiger charge is -1.95. The Kier molecular flexibility index (Phi) is 2.53. The molecule has 0 unspecified atom stereocenters. The molecule has 0 aliphatic carbocycles. The molecule has 0 bridgehead atoms. The number of aromatic nitrogens is 1. The van der Waals surface area contributed by atoms with Crippen molar-refractivity contribution in [3.05, 3.63) is 38.6 Å². The van der Waals surface area contributed by atoms with E-state index in [1.165, 1.54) is 6.20 Å². The predicted octanol–water partition coefficient (Wildman–Crippen LogP) is 1.62. The molecular formula is C6H5BrN2O2. The minimum Gasteiger partial charge on any atom is -0.264 e. The largest absolute Gasteiger partial charge is 0.264 e. The van der Waals surface area contributed by atoms with Gasteiger partial charge in [0.1, 0.15) is 5.69 Å². The average molecular weight is 217 g/mol. The minimum absolute atomic E-state index is 0.235. The molecule has 1 aromatic rings. The van der Waals surface area contributed by atoms with Gasteiger partial charge in [-0.25, -0.2) is 0 Å². The third-order valence-electron chi connectivity index (χ3n) is 1.11. The second-order valence-corrected chi connectivity index (χ2v) is 2.78. The molecule has 1 rings (SSSR count). The number of pyridine rings is 1. The van der Waals surface area contributed by atoms with Gasteiger partial charge in [0.05, 0.1) is 0 Å². The lowest BCUT2D eigenvalue weighted by atomic mass is 10.3. The first-order valence-corrected chi connectivity index (χ1v) is 3.70. The van der Waals surface area contributed by atoms with Crippen LogP contribution in [0.15, 0.2) is 22.8 Å². The molecule has 0 aliphatic rings. The van der Waals surface area contributed by atoms with Gasteiger partial charge >= 0.3 is 0 Å². The Morgan fingerprint density at radius 1 is 1.73 bits per heavy atom. The van der Waals surface area contributed by atoms with Gasteiger partial charge in [-0.1, -0.05) is 0 Å². The number of halogens is 1. The molecule has 5 heteroatoms. The van der Waals surface area contributed by atoms with Crippen molar-refractivity contribution in [2.75, 3.05) is 0 Å². The standard InChI is InChI=1S/C6H5BrN2O2/c7-5-2-1-3-8-6(5)4-9(10)11/h1-3H,4H2. The predicted molar refractivity (Wildman–Crippen MR) is 42.6 cm³/mol. The smallest absolute Gasteiger partial charge is 0.246 e. The van der Waals surface area contributed by atoms with Crippen molar-refractivity contribution < 1.29 is 4.92 Å². The van der Waals surface area contributed by atoms with Crippen molar-refractivity contribution in [3.8, 4) is 0 Å². The zero-order valence-electron chi connectivity index (χ0n) is 5.53. The summed E-state index contributed by atoms with van der Waals surface area (Å²) in [4.78, 5) is 13.5. The highest BCUT2D eigenvalue weighted by Crippen LogP contribution is 2.13. The first kappa shape index (κ1) is 8.13. The summed E-state index contributed by atoms with van der Waals surface area (Å²) in [5.74, 6) is 0. The van der Waals surface area contributed by atoms with Crippen LogP contribution in [0.2, 0.25) is 0 Å². The number of hydrogen-bond donors (Lipinski definition) is 0. The Morgan fingerprint density at radius 2 is 2.45 bits per heavy atom. The van der Waals surface area contributed by atoms with Crippen molar-refractivity contribution in [1.29, 1.82) is 0 Å². The van der Waals surface area contributed by atoms with Crippen LogP contribution in [-0.4, -0.2) is 9.91 Å². The number of nitro groups is 1. The van der Waals surface area contributed by atoms with E-state index in [1.54, 1.807) is 12.1 Å². The summed E-state index contributed by atoms with van der Waals surface area (Å²) in [6, 6.07) is 3.44. The van der Waals surface area contributed by atoms with Crippen LogP contribution in [0.4, 0.5) is 0 Å². The van der Waals surface area contributed by atoms with Crippen LogP contribution >= 0.6 is 15.9 Å². The van der Waals surface area contributed by atoms with Gasteiger partial charge in [-0.15, -0.1) is 0 Å². The Morgan fingerprint density at radius 3 is 3.00 bits per heavy atom. The molecule has 0 amide bonds. The van der Waals surface area contributed by atoms with Gasteiger partial charge in [-0.05, 0) is 28.1 Å². The van der Waals surface area contributed by atoms with E-state index in [-0.39, 0.29) is 6.54 Å². The van der Waals surface area contributed by atoms with Crippen molar-refractivity contribution >= 4 is 15.9 Å². The topological polar surface area (TPSA) is 56.0 Å². The molecule has 0 N–H and O–H groups in total. The highest BCUT2D eigenvalue weighted by Gasteiger charge is 2.05. The normalized spacial score (nSPS) is 9.55. The number of nitrogens with zero attached hydrogens (tertiary/aromatic N) is 2. The Balaban J connectivity index is 2.86. The molecule has 11 heavy (non-hydrogen) atoms. The molecule has 0 radical (unpaired) electrons. The van der Waals surface area contributed by atoms with E-state index in [4.69, 9.17) is 0 Å². The summed E-state index contributed by atoms with van der Waals surface area (Å²) in [5.41, 5.74) is 0.456. The fourth-order valence-electron chi connectivity index (χ4n) is 0.657. The summed E-state index contributed by atoms with van der Waals surface area (Å²) in [6.45, 7) is -0.235. The Bertz CT molecular complexity index is 277. The quantitative estimate of drug-likeness (QED) is 0.558. The van der Waals surface area contributed by atoms with Crippen LogP contribution in [0.3, 0.4) is 0 Å². The summed E-state index contributed by atoms with van der Waals surface area (Å²) in [5, 5.41) is 10.1. The van der Waals surface area contributed by atoms with Crippen LogP contribution < -0.4 is 0 Å². The van der Waals surface area contributed by atoms with E-state index in [0.29, 0.717) is 10.2 Å². The van der Waals surface area contributed by atoms with Gasteiger partial charge < -0.3 is 0 Å². The van der Waals surface area contributed by atoms with Gasteiger partial charge in [0, 0.05) is 15.6 Å². The van der Waals surface area contributed by atoms with Gasteiger partial charge in [-0.3, -0.25) is 15.1 Å². The van der Waals surface area contributed by atoms with E-state index >= 15 is 0 Å². The second-order valence-electron chi connectivity index (χ2n) is 1.92. The molecule has 0 saturated heterocycles. The molecule has 0 aliphatic heterocycles. The summed E-state index contributed by atoms with van der Waals surface area (Å²) < 4.78 is 0.678. The highest BCUT2D eigenvalue weighted by atomic mass is 79.9. The lowest BCUT2D eigenvalue weighted by Crippen LogP contribution is -2.00. The molecule has 0 aromatic carbocycles. The maximum absolute atomic E-state index is 10.1. The van der Waals surface area contributed by atoms with Gasteiger partial charge in [-0.2, -0.15) is 0 Å². The summed E-state index contributed by atoms with van der Waals surface area (Å²) in [7, 11) is 0. The zero-order chi connectivity index (χ0) is 8.27. The monoisotopic (exact) mass is 216 g/mol. The average Bonchev–Trinajstić information content (AvgIpc) is 1.93. The molecule has 4 nitrogen and oxygen atoms in total. The van der Waals surface area contributed by atoms with E-state index in [9.17, 15) is 10.1 Å². The molecule has 1 aromatic heterocycles. The molecule has 0 saturated carbocycles. The third kappa shape index (κ3) is 2.27. The molecular weight excluding hydrogens is 212 g/mol. The SMILES string of the molecule is O=[N+]([O-])Cc1ncccc1Br. The Labute approximate surface area is 71.5 Å². The van der Waals surface area contributed by atoms with Crippen LogP contribution in [0.5, 0.6) is 0 Å². The number of rotatable bonds is 2. The molecule has 58 valence electrons. The van der Waals surface area contributed by atoms with Gasteiger partial charge in [0.25, 0.3) is 0 Å². The first-order valence-electron chi connectivity index (χ1n) is 2.91. The zero-order valence-corrected chi connectivity index (χ0v) is 7.11. The van der Waals surface area contributed by atoms with E-state index < -0.39 is 4.92 Å². The second kappa shape index (κ2) is 3.43. The molecule has 1 heterocycles. The van der Waals surface area contributed by atoms with E-state index in [0.717, 1.165) is 0 Å². The Hall–Kier alpha value is -0.970. The van der Waals surface area contributed by atoms with Crippen molar-refractivity contribution in [2.24, 2.45) is 0 Å². The van der Waals surface area contributed by atoms with Gasteiger partial charge in [0.2, 0.25) is 6.54 Å². The van der Waals surface area contributed by atoms with Crippen molar-refractivity contribution in [3.63, 3.8) is 0 Å². The maximum atomic E-state index is 10.1. The first-order chi connectivity index (χ1) is 5.20. The van der Waals surface area contributed by atoms with Crippen LogP contribution in [0, 0.1) is 10.1 Å². The van der Waals surface area contributed by atoms with Crippen LogP contribution in [0.25, 0.3) is 0 Å². The molecule has 0 fully saturated rings. The van der Waals surface area contributed by atoms with Crippen LogP contribution in [-0.2, 0) is 6.54 Å². The summed E-state index contributed by atoms with van der Waals surface area (Å²) >= 11 is 3.16. The highest BCUT2D eigenvalue weighted by molar-refractivity contribution is 9.10. The fraction of sp³-hybridized carbons (Fsp3) is 0.167. The van der Waals surface area contributed by atoms with E-state index in [1.807, 2.05) is 0 Å². The fourth-order valence-corrected chi connectivity index (χ4v) is 1.04. The minimum atomic E-state index is -0.410. The van der Waals surface area contributed by atoms with Crippen molar-refractivity contribution in [2.45, 2.75) is 6.54 Å². The van der Waals surface area contributed by atoms with E-state index in [2.05, 4.69) is 20.9 Å². The summed E-state index contributed by atoms with van der Waals surface area (Å²) in [6.07, 6.45) is 1.53.